The van der Waals surface area contributed by atoms with Gasteiger partial charge in [0.2, 0.25) is 0 Å². The van der Waals surface area contributed by atoms with Gasteiger partial charge < -0.3 is 10.6 Å². The summed E-state index contributed by atoms with van der Waals surface area (Å²) >= 11 is 0. The average molecular weight is 341 g/mol. The van der Waals surface area contributed by atoms with Crippen LogP contribution >= 0.6 is 0 Å². The van der Waals surface area contributed by atoms with Crippen LogP contribution in [0.3, 0.4) is 0 Å². The van der Waals surface area contributed by atoms with Gasteiger partial charge in [0, 0.05) is 24.4 Å². The summed E-state index contributed by atoms with van der Waals surface area (Å²) in [6, 6.07) is 4.91. The van der Waals surface area contributed by atoms with Crippen molar-refractivity contribution in [1.82, 2.24) is 15.5 Å². The number of non-ortho nitro benzene ring substituents is 1. The van der Waals surface area contributed by atoms with Crippen molar-refractivity contribution in [2.45, 2.75) is 13.0 Å². The number of nitrogens with zero attached hydrogens (tertiary/aromatic N) is 3. The monoisotopic (exact) mass is 341 g/mol. The van der Waals surface area contributed by atoms with Crippen LogP contribution in [0, 0.1) is 21.4 Å². The number of nitro groups is 1. The fraction of sp³-hybridized carbons (Fsp3) is 0.188. The number of urea groups is 2. The first-order chi connectivity index (χ1) is 11.9. The molecular formula is C16H15N5O4. The topological polar surface area (TPSA) is 128 Å². The van der Waals surface area contributed by atoms with Gasteiger partial charge in [-0.05, 0) is 12.5 Å². The number of carbonyl (C=O) groups is 2. The molecule has 0 spiro atoms. The van der Waals surface area contributed by atoms with Crippen LogP contribution in [0.2, 0.25) is 0 Å². The number of rotatable bonds is 4. The Morgan fingerprint density at radius 1 is 1.60 bits per heavy atom. The van der Waals surface area contributed by atoms with E-state index in [0.717, 1.165) is 4.90 Å². The van der Waals surface area contributed by atoms with E-state index in [4.69, 9.17) is 0 Å². The molecule has 0 aromatic heterocycles. The summed E-state index contributed by atoms with van der Waals surface area (Å²) in [6.45, 7) is 5.13. The summed E-state index contributed by atoms with van der Waals surface area (Å²) in [4.78, 5) is 36.0. The number of carbonyl (C=O) groups excluding carboxylic acids is 2. The van der Waals surface area contributed by atoms with Crippen molar-refractivity contribution in [3.63, 3.8) is 0 Å². The highest BCUT2D eigenvalue weighted by Crippen LogP contribution is 2.34. The lowest BCUT2D eigenvalue weighted by molar-refractivity contribution is -0.384. The highest BCUT2D eigenvalue weighted by molar-refractivity contribution is 5.96. The summed E-state index contributed by atoms with van der Waals surface area (Å²) in [5.41, 5.74) is 0.490. The van der Waals surface area contributed by atoms with E-state index < -0.39 is 23.0 Å². The zero-order valence-electron chi connectivity index (χ0n) is 13.4. The number of nitro benzene ring substituents is 1. The average Bonchev–Trinajstić information content (AvgIpc) is 2.59. The Balaban J connectivity index is 2.58. The summed E-state index contributed by atoms with van der Waals surface area (Å²) in [6.07, 6.45) is 1.44. The standard InChI is InChI=1S/C16H15N5O4/c1-3-7-18-15(22)20-14(13(9-17)10(2)19-16(20)23)11-5-4-6-12(8-11)21(24)25/h3-6,8,14H,1,7H2,2H3,(H,18,22)(H,19,23). The molecule has 1 aliphatic heterocycles. The van der Waals surface area contributed by atoms with Crippen LogP contribution in [0.1, 0.15) is 18.5 Å². The molecule has 1 atom stereocenters. The van der Waals surface area contributed by atoms with Gasteiger partial charge in [0.1, 0.15) is 6.04 Å². The molecule has 0 fully saturated rings. The number of amides is 4. The fourth-order valence-corrected chi connectivity index (χ4v) is 2.46. The van der Waals surface area contributed by atoms with E-state index in [1.807, 2.05) is 6.07 Å². The Morgan fingerprint density at radius 3 is 2.92 bits per heavy atom. The Labute approximate surface area is 143 Å². The number of benzene rings is 1. The number of allylic oxidation sites excluding steroid dienone is 1. The molecule has 1 heterocycles. The molecule has 2 N–H and O–H groups in total. The van der Waals surface area contributed by atoms with Crippen molar-refractivity contribution in [2.75, 3.05) is 6.54 Å². The third-order valence-electron chi connectivity index (χ3n) is 3.58. The van der Waals surface area contributed by atoms with Gasteiger partial charge in [-0.25, -0.2) is 14.5 Å². The first kappa shape index (κ1) is 17.7. The predicted octanol–water partition coefficient (Wildman–Crippen LogP) is 2.35. The highest BCUT2D eigenvalue weighted by Gasteiger charge is 2.39. The molecule has 25 heavy (non-hydrogen) atoms. The number of nitriles is 1. The normalized spacial score (nSPS) is 16.7. The Morgan fingerprint density at radius 2 is 2.32 bits per heavy atom. The number of imide groups is 1. The maximum absolute atomic E-state index is 12.4. The van der Waals surface area contributed by atoms with E-state index in [2.05, 4.69) is 17.2 Å². The molecule has 9 nitrogen and oxygen atoms in total. The number of nitrogens with one attached hydrogen (secondary N) is 2. The van der Waals surface area contributed by atoms with Crippen LogP contribution in [-0.4, -0.2) is 28.4 Å². The number of hydrogen-bond acceptors (Lipinski definition) is 5. The van der Waals surface area contributed by atoms with E-state index in [1.165, 1.54) is 37.3 Å². The summed E-state index contributed by atoms with van der Waals surface area (Å²) in [7, 11) is 0. The van der Waals surface area contributed by atoms with Crippen molar-refractivity contribution in [3.8, 4) is 6.07 Å². The van der Waals surface area contributed by atoms with E-state index >= 15 is 0 Å². The van der Waals surface area contributed by atoms with Gasteiger partial charge >= 0.3 is 12.1 Å². The van der Waals surface area contributed by atoms with Crippen molar-refractivity contribution < 1.29 is 14.5 Å². The van der Waals surface area contributed by atoms with Gasteiger partial charge in [0.15, 0.2) is 0 Å². The minimum atomic E-state index is -1.07. The van der Waals surface area contributed by atoms with Gasteiger partial charge in [-0.1, -0.05) is 18.2 Å². The van der Waals surface area contributed by atoms with Crippen LogP contribution in [0.4, 0.5) is 15.3 Å². The molecule has 0 aliphatic carbocycles. The summed E-state index contributed by atoms with van der Waals surface area (Å²) in [5.74, 6) is 0. The second kappa shape index (κ2) is 7.27. The van der Waals surface area contributed by atoms with E-state index in [-0.39, 0.29) is 29.1 Å². The Bertz CT molecular complexity index is 824. The lowest BCUT2D eigenvalue weighted by atomic mass is 9.94. The maximum Gasteiger partial charge on any atom is 0.330 e. The number of hydrogen-bond donors (Lipinski definition) is 2. The lowest BCUT2D eigenvalue weighted by Gasteiger charge is -2.34. The molecule has 1 aliphatic rings. The molecule has 1 aromatic carbocycles. The molecule has 0 saturated carbocycles. The summed E-state index contributed by atoms with van der Waals surface area (Å²) in [5, 5.41) is 25.4. The Hall–Kier alpha value is -3.67. The minimum absolute atomic E-state index is 0.119. The molecule has 4 amide bonds. The zero-order chi connectivity index (χ0) is 18.6. The largest absolute Gasteiger partial charge is 0.334 e. The van der Waals surface area contributed by atoms with Crippen LogP contribution in [0.15, 0.2) is 48.2 Å². The fourth-order valence-electron chi connectivity index (χ4n) is 2.46. The van der Waals surface area contributed by atoms with Crippen molar-refractivity contribution >= 4 is 17.7 Å². The molecule has 1 unspecified atom stereocenters. The van der Waals surface area contributed by atoms with Crippen molar-refractivity contribution in [3.05, 3.63) is 63.9 Å². The van der Waals surface area contributed by atoms with Crippen LogP contribution in [-0.2, 0) is 0 Å². The maximum atomic E-state index is 12.4. The second-order valence-electron chi connectivity index (χ2n) is 5.18. The lowest BCUT2D eigenvalue weighted by Crippen LogP contribution is -2.53. The van der Waals surface area contributed by atoms with E-state index in [0.29, 0.717) is 0 Å². The minimum Gasteiger partial charge on any atom is -0.334 e. The van der Waals surface area contributed by atoms with Gasteiger partial charge in [0.05, 0.1) is 16.6 Å². The van der Waals surface area contributed by atoms with Crippen molar-refractivity contribution in [2.24, 2.45) is 0 Å². The molecular weight excluding hydrogens is 326 g/mol. The SMILES string of the molecule is C=CCNC(=O)N1C(=O)NC(C)=C(C#N)C1c1cccc([N+](=O)[O-])c1. The zero-order valence-corrected chi connectivity index (χ0v) is 13.4. The van der Waals surface area contributed by atoms with Crippen LogP contribution in [0.25, 0.3) is 0 Å². The van der Waals surface area contributed by atoms with Gasteiger partial charge in [0.25, 0.3) is 5.69 Å². The molecule has 0 saturated heterocycles. The second-order valence-corrected chi connectivity index (χ2v) is 5.18. The first-order valence-electron chi connectivity index (χ1n) is 7.24. The van der Waals surface area contributed by atoms with Crippen molar-refractivity contribution in [1.29, 1.82) is 5.26 Å². The summed E-state index contributed by atoms with van der Waals surface area (Å²) < 4.78 is 0. The molecule has 128 valence electrons. The third kappa shape index (κ3) is 3.48. The molecule has 0 radical (unpaired) electrons. The van der Waals surface area contributed by atoms with Gasteiger partial charge in [-0.15, -0.1) is 6.58 Å². The van der Waals surface area contributed by atoms with Gasteiger partial charge in [-0.3, -0.25) is 10.1 Å². The molecule has 0 bridgehead atoms. The third-order valence-corrected chi connectivity index (χ3v) is 3.58. The van der Waals surface area contributed by atoms with E-state index in [1.54, 1.807) is 0 Å². The first-order valence-corrected chi connectivity index (χ1v) is 7.24. The van der Waals surface area contributed by atoms with Crippen LogP contribution < -0.4 is 10.6 Å². The molecule has 1 aromatic rings. The Kier molecular flexibility index (Phi) is 5.14. The van der Waals surface area contributed by atoms with E-state index in [9.17, 15) is 25.0 Å². The van der Waals surface area contributed by atoms with Gasteiger partial charge in [-0.2, -0.15) is 5.26 Å². The molecule has 2 rings (SSSR count). The quantitative estimate of drug-likeness (QED) is 0.493. The highest BCUT2D eigenvalue weighted by atomic mass is 16.6. The predicted molar refractivity (Wildman–Crippen MR) is 88.1 cm³/mol. The molecule has 9 heteroatoms. The van der Waals surface area contributed by atoms with Crippen LogP contribution in [0.5, 0.6) is 0 Å². The smallest absolute Gasteiger partial charge is 0.330 e.